The molecule has 8 rings (SSSR count). The van der Waals surface area contributed by atoms with E-state index in [1.54, 1.807) is 18.5 Å². The number of amides is 4. The van der Waals surface area contributed by atoms with Gasteiger partial charge in [0, 0.05) is 86.7 Å². The minimum absolute atomic E-state index is 0. The normalized spacial score (nSPS) is 15.2. The number of fused-ring (bicyclic) bond motifs is 2. The van der Waals surface area contributed by atoms with Gasteiger partial charge in [-0.05, 0) is 71.1 Å². The van der Waals surface area contributed by atoms with Crippen LogP contribution < -0.4 is 43.8 Å². The first-order valence-electron chi connectivity index (χ1n) is 19.2. The highest BCUT2D eigenvalue weighted by molar-refractivity contribution is 6.34. The van der Waals surface area contributed by atoms with Crippen molar-refractivity contribution in [2.24, 2.45) is 5.73 Å². The van der Waals surface area contributed by atoms with Gasteiger partial charge in [0.25, 0.3) is 11.8 Å². The van der Waals surface area contributed by atoms with Crippen molar-refractivity contribution in [1.29, 1.82) is 0 Å². The molecule has 4 amide bonds. The van der Waals surface area contributed by atoms with Crippen LogP contribution in [0.5, 0.6) is 0 Å². The fourth-order valence-electron chi connectivity index (χ4n) is 6.52. The fraction of sp³-hybridized carbons (Fsp3) is 0.256. The maximum absolute atomic E-state index is 12.8. The van der Waals surface area contributed by atoms with Crippen molar-refractivity contribution in [2.45, 2.75) is 58.3 Å². The van der Waals surface area contributed by atoms with Gasteiger partial charge in [-0.1, -0.05) is 66.5 Å². The molecule has 2 fully saturated rings. The Labute approximate surface area is 373 Å². The fourth-order valence-corrected chi connectivity index (χ4v) is 7.02. The second-order valence-corrected chi connectivity index (χ2v) is 15.4. The highest BCUT2D eigenvalue weighted by Gasteiger charge is 2.22. The van der Waals surface area contributed by atoms with Crippen LogP contribution >= 0.6 is 34.8 Å². The molecule has 0 unspecified atom stereocenters. The minimum Gasteiger partial charge on any atom is -0.383 e. The van der Waals surface area contributed by atoms with E-state index in [-0.39, 0.29) is 53.9 Å². The van der Waals surface area contributed by atoms with E-state index in [2.05, 4.69) is 46.5 Å². The lowest BCUT2D eigenvalue weighted by atomic mass is 10.1. The zero-order valence-corrected chi connectivity index (χ0v) is 35.0. The third kappa shape index (κ3) is 12.6. The lowest BCUT2D eigenvalue weighted by molar-refractivity contribution is -0.120. The Hall–Kier alpha value is -6.33. The smallest absolute Gasteiger partial charge is 0.255 e. The number of rotatable bonds is 10. The summed E-state index contributed by atoms with van der Waals surface area (Å²) in [6, 6.07) is 18.6. The number of halogens is 3. The molecule has 2 aromatic carbocycles. The molecule has 11 N–H and O–H groups in total. The number of nitrogens with zero attached hydrogens (tertiary/aromatic N) is 4. The minimum atomic E-state index is -0.334. The van der Waals surface area contributed by atoms with Crippen LogP contribution in [-0.4, -0.2) is 68.7 Å². The van der Waals surface area contributed by atoms with Gasteiger partial charge < -0.3 is 43.8 Å². The van der Waals surface area contributed by atoms with Gasteiger partial charge in [-0.3, -0.25) is 19.2 Å². The molecule has 2 saturated heterocycles. The molecule has 16 nitrogen and oxygen atoms in total. The molecule has 0 radical (unpaired) electrons. The van der Waals surface area contributed by atoms with E-state index < -0.39 is 0 Å². The van der Waals surface area contributed by atoms with Crippen LogP contribution in [0.1, 0.15) is 65.0 Å². The van der Waals surface area contributed by atoms with Gasteiger partial charge in [0.05, 0.1) is 21.2 Å². The van der Waals surface area contributed by atoms with Crippen molar-refractivity contribution >= 4 is 97.4 Å². The van der Waals surface area contributed by atoms with Gasteiger partial charge >= 0.3 is 0 Å². The summed E-state index contributed by atoms with van der Waals surface area (Å²) >= 11 is 17.8. The maximum atomic E-state index is 12.8. The molecule has 19 heteroatoms. The van der Waals surface area contributed by atoms with Gasteiger partial charge in [-0.15, -0.1) is 0 Å². The summed E-state index contributed by atoms with van der Waals surface area (Å²) < 4.78 is 0. The topological polar surface area (TPSA) is 258 Å². The summed E-state index contributed by atoms with van der Waals surface area (Å²) in [5.74, 6) is 0.932. The van der Waals surface area contributed by atoms with E-state index >= 15 is 0 Å². The second-order valence-electron chi connectivity index (χ2n) is 14.1. The molecule has 2 aliphatic heterocycles. The van der Waals surface area contributed by atoms with E-state index in [9.17, 15) is 19.2 Å². The van der Waals surface area contributed by atoms with Gasteiger partial charge in [-0.2, -0.15) is 0 Å². The zero-order chi connectivity index (χ0) is 43.5. The standard InChI is InChI=1S/C21H21ClN6O2.C16H12Cl2N4O.C5H10N2O.CH4/c22-14-8-17(20(25-10-14)26-11-15-2-4-18(29)28-15)21(30)27-9-12-1-3-16-13(7-12)5-6-24-19(16)23;17-11-6-13(14(18)21-8-11)16(23)22-7-9-1-2-12-10(5-9)3-4-20-15(12)19;6-3-4-1-2-5(8)7-4;/h1,3,5-8,10,15H,2,4,9,11H2,(H2,23,24)(H,25,26)(H,27,30)(H,28,29);1-6,8H,7H2,(H2,19,20)(H,22,23);4H,1-3,6H2,(H,7,8);1H4/t15-;;4-;/m1.1./s1. The number of nitrogens with one attached hydrogen (secondary N) is 5. The first-order valence-corrected chi connectivity index (χ1v) is 20.3. The Morgan fingerprint density at radius 3 is 1.68 bits per heavy atom. The van der Waals surface area contributed by atoms with Crippen molar-refractivity contribution in [1.82, 2.24) is 41.2 Å². The van der Waals surface area contributed by atoms with E-state index in [0.29, 0.717) is 72.1 Å². The number of nitrogens with two attached hydrogens (primary N) is 3. The molecular formula is C43H47Cl3N12O4. The summed E-state index contributed by atoms with van der Waals surface area (Å²) in [6.07, 6.45) is 9.01. The summed E-state index contributed by atoms with van der Waals surface area (Å²) in [7, 11) is 0. The van der Waals surface area contributed by atoms with E-state index in [4.69, 9.17) is 52.0 Å². The number of hydrogen-bond acceptors (Lipinski definition) is 12. The predicted octanol–water partition coefficient (Wildman–Crippen LogP) is 5.79. The molecule has 4 aromatic heterocycles. The Bertz CT molecular complexity index is 2580. The molecule has 2 atom stereocenters. The molecule has 6 heterocycles. The number of anilines is 3. The average Bonchev–Trinajstić information content (AvgIpc) is 3.89. The molecule has 6 aromatic rings. The average molecular weight is 902 g/mol. The molecule has 0 spiro atoms. The monoisotopic (exact) mass is 900 g/mol. The summed E-state index contributed by atoms with van der Waals surface area (Å²) in [5.41, 5.74) is 19.4. The Morgan fingerprint density at radius 1 is 0.677 bits per heavy atom. The van der Waals surface area contributed by atoms with Gasteiger partial charge in [0.15, 0.2) is 0 Å². The number of hydrogen-bond donors (Lipinski definition) is 8. The van der Waals surface area contributed by atoms with Crippen molar-refractivity contribution in [3.63, 3.8) is 0 Å². The lowest BCUT2D eigenvalue weighted by Gasteiger charge is -2.15. The molecule has 62 heavy (non-hydrogen) atoms. The lowest BCUT2D eigenvalue weighted by Crippen LogP contribution is -2.32. The summed E-state index contributed by atoms with van der Waals surface area (Å²) in [5, 5.41) is 19.0. The van der Waals surface area contributed by atoms with Crippen LogP contribution in [0.4, 0.5) is 17.5 Å². The number of aromatic nitrogens is 4. The van der Waals surface area contributed by atoms with Crippen LogP contribution in [0.25, 0.3) is 21.5 Å². The third-order valence-electron chi connectivity index (χ3n) is 9.75. The highest BCUT2D eigenvalue weighted by Crippen LogP contribution is 2.23. The number of pyridine rings is 4. The van der Waals surface area contributed by atoms with Crippen LogP contribution in [-0.2, 0) is 22.7 Å². The molecular weight excluding hydrogens is 855 g/mol. The second kappa shape index (κ2) is 22.0. The van der Waals surface area contributed by atoms with Crippen molar-refractivity contribution < 1.29 is 19.2 Å². The third-order valence-corrected chi connectivity index (χ3v) is 10.5. The molecule has 0 aliphatic carbocycles. The van der Waals surface area contributed by atoms with E-state index in [1.807, 2.05) is 48.5 Å². The SMILES string of the molecule is C.NC[C@H]1CCC(=O)N1.Nc1nccc2cc(CNC(=O)c3cc(Cl)cnc3Cl)ccc12.Nc1nccc2cc(CNC(=O)c3cc(Cl)cnc3NC[C@H]3CCC(=O)N3)ccc12. The summed E-state index contributed by atoms with van der Waals surface area (Å²) in [4.78, 5) is 63.0. The van der Waals surface area contributed by atoms with E-state index in [0.717, 1.165) is 45.5 Å². The molecule has 324 valence electrons. The summed E-state index contributed by atoms with van der Waals surface area (Å²) in [6.45, 7) is 1.74. The van der Waals surface area contributed by atoms with E-state index in [1.165, 1.54) is 18.5 Å². The highest BCUT2D eigenvalue weighted by atomic mass is 35.5. The number of benzene rings is 2. The molecule has 2 aliphatic rings. The predicted molar refractivity (Wildman–Crippen MR) is 245 cm³/mol. The number of carbonyl (C=O) groups is 4. The van der Waals surface area contributed by atoms with Crippen molar-refractivity contribution in [3.8, 4) is 0 Å². The molecule has 0 saturated carbocycles. The van der Waals surface area contributed by atoms with Gasteiger partial charge in [-0.25, -0.2) is 19.9 Å². The first-order chi connectivity index (χ1) is 29.4. The Balaban J connectivity index is 0.000000200. The van der Waals surface area contributed by atoms with Gasteiger partial charge in [0.1, 0.15) is 22.6 Å². The van der Waals surface area contributed by atoms with Crippen LogP contribution in [0.3, 0.4) is 0 Å². The zero-order valence-electron chi connectivity index (χ0n) is 32.7. The Kier molecular flexibility index (Phi) is 16.6. The van der Waals surface area contributed by atoms with Crippen LogP contribution in [0.2, 0.25) is 15.2 Å². The van der Waals surface area contributed by atoms with Gasteiger partial charge in [0.2, 0.25) is 11.8 Å². The Morgan fingerprint density at radius 2 is 1.18 bits per heavy atom. The largest absolute Gasteiger partial charge is 0.383 e. The van der Waals surface area contributed by atoms with Crippen molar-refractivity contribution in [2.75, 3.05) is 29.9 Å². The van der Waals surface area contributed by atoms with Crippen molar-refractivity contribution in [3.05, 3.63) is 123 Å². The first kappa shape index (κ1) is 46.7. The number of nitrogen functional groups attached to an aromatic ring is 2. The maximum Gasteiger partial charge on any atom is 0.255 e. The van der Waals surface area contributed by atoms with Crippen LogP contribution in [0.15, 0.2) is 85.5 Å². The number of carbonyl (C=O) groups excluding carboxylic acids is 4. The van der Waals surface area contributed by atoms with Crippen LogP contribution in [0, 0.1) is 0 Å². The molecule has 0 bridgehead atoms. The quantitative estimate of drug-likeness (QED) is 0.0760.